The van der Waals surface area contributed by atoms with Gasteiger partial charge in [0, 0.05) is 38.1 Å². The average Bonchev–Trinajstić information content (AvgIpc) is 2.65. The van der Waals surface area contributed by atoms with Gasteiger partial charge in [-0.3, -0.25) is 19.3 Å². The Labute approximate surface area is 126 Å². The van der Waals surface area contributed by atoms with E-state index in [1.54, 1.807) is 13.8 Å². The van der Waals surface area contributed by atoms with Crippen LogP contribution in [0.2, 0.25) is 0 Å². The highest BCUT2D eigenvalue weighted by Crippen LogP contribution is 2.19. The molecule has 0 aromatic rings. The number of rotatable bonds is 10. The molecule has 0 aliphatic carbocycles. The van der Waals surface area contributed by atoms with Gasteiger partial charge in [0.2, 0.25) is 11.8 Å². The molecule has 1 aliphatic rings. The lowest BCUT2D eigenvalue weighted by Crippen LogP contribution is -2.32. The Balaban J connectivity index is 2.10. The normalized spacial score (nSPS) is 18.4. The van der Waals surface area contributed by atoms with Crippen molar-refractivity contribution in [2.75, 3.05) is 6.54 Å². The highest BCUT2D eigenvalue weighted by atomic mass is 16.2. The van der Waals surface area contributed by atoms with Crippen LogP contribution in [0.1, 0.15) is 65.2 Å². The van der Waals surface area contributed by atoms with Gasteiger partial charge in [0.1, 0.15) is 11.6 Å². The van der Waals surface area contributed by atoms with Crippen LogP contribution in [0.25, 0.3) is 0 Å². The predicted octanol–water partition coefficient (Wildman–Crippen LogP) is 2.27. The van der Waals surface area contributed by atoms with Crippen molar-refractivity contribution >= 4 is 23.4 Å². The summed E-state index contributed by atoms with van der Waals surface area (Å²) in [6.07, 6.45) is 5.25. The van der Waals surface area contributed by atoms with Gasteiger partial charge in [0.25, 0.3) is 0 Å². The first-order valence-electron chi connectivity index (χ1n) is 7.77. The van der Waals surface area contributed by atoms with Crippen molar-refractivity contribution in [3.8, 4) is 0 Å². The van der Waals surface area contributed by atoms with Crippen molar-refractivity contribution < 1.29 is 19.2 Å². The summed E-state index contributed by atoms with van der Waals surface area (Å²) >= 11 is 0. The van der Waals surface area contributed by atoms with E-state index < -0.39 is 0 Å². The zero-order chi connectivity index (χ0) is 15.8. The molecule has 1 heterocycles. The minimum absolute atomic E-state index is 0.0988. The monoisotopic (exact) mass is 295 g/mol. The summed E-state index contributed by atoms with van der Waals surface area (Å²) in [5, 5.41) is 0. The molecule has 0 saturated carbocycles. The van der Waals surface area contributed by atoms with E-state index in [9.17, 15) is 19.2 Å². The second kappa shape index (κ2) is 8.70. The maximum Gasteiger partial charge on any atom is 0.232 e. The lowest BCUT2D eigenvalue weighted by atomic mass is 10.1. The molecule has 1 fully saturated rings. The van der Waals surface area contributed by atoms with Gasteiger partial charge in [-0.05, 0) is 19.8 Å². The van der Waals surface area contributed by atoms with Crippen molar-refractivity contribution in [1.82, 2.24) is 4.90 Å². The van der Waals surface area contributed by atoms with Crippen LogP contribution in [0.15, 0.2) is 0 Å². The molecule has 0 spiro atoms. The van der Waals surface area contributed by atoms with E-state index in [0.717, 1.165) is 25.7 Å². The summed E-state index contributed by atoms with van der Waals surface area (Å²) in [7, 11) is 0. The molecular weight excluding hydrogens is 270 g/mol. The molecule has 0 N–H and O–H groups in total. The van der Waals surface area contributed by atoms with Crippen LogP contribution in [0.3, 0.4) is 0 Å². The molecule has 5 heteroatoms. The number of unbranched alkanes of at least 4 members (excludes halogenated alkanes) is 3. The first-order chi connectivity index (χ1) is 9.91. The Morgan fingerprint density at radius 1 is 1.05 bits per heavy atom. The predicted molar refractivity (Wildman–Crippen MR) is 78.5 cm³/mol. The highest BCUT2D eigenvalue weighted by molar-refractivity contribution is 6.03. The van der Waals surface area contributed by atoms with Crippen LogP contribution in [-0.2, 0) is 19.2 Å². The largest absolute Gasteiger partial charge is 0.300 e. The smallest absolute Gasteiger partial charge is 0.232 e. The Morgan fingerprint density at radius 2 is 1.67 bits per heavy atom. The Hall–Kier alpha value is -1.52. The number of hydrogen-bond donors (Lipinski definition) is 0. The first kappa shape index (κ1) is 17.5. The van der Waals surface area contributed by atoms with Gasteiger partial charge in [-0.1, -0.05) is 19.8 Å². The quantitative estimate of drug-likeness (QED) is 0.458. The second-order valence-corrected chi connectivity index (χ2v) is 5.89. The van der Waals surface area contributed by atoms with E-state index in [4.69, 9.17) is 0 Å². The summed E-state index contributed by atoms with van der Waals surface area (Å²) in [6, 6.07) is 0. The topological polar surface area (TPSA) is 71.5 Å². The maximum atomic E-state index is 11.7. The summed E-state index contributed by atoms with van der Waals surface area (Å²) in [6.45, 7) is 3.56. The van der Waals surface area contributed by atoms with Crippen molar-refractivity contribution in [3.63, 3.8) is 0 Å². The van der Waals surface area contributed by atoms with E-state index in [1.807, 2.05) is 0 Å². The second-order valence-electron chi connectivity index (χ2n) is 5.89. The fraction of sp³-hybridized carbons (Fsp3) is 0.750. The third-order valence-electron chi connectivity index (χ3n) is 3.82. The fourth-order valence-corrected chi connectivity index (χ4v) is 2.49. The summed E-state index contributed by atoms with van der Waals surface area (Å²) in [5.41, 5.74) is 0. The number of ketones is 2. The van der Waals surface area contributed by atoms with E-state index in [-0.39, 0.29) is 48.7 Å². The summed E-state index contributed by atoms with van der Waals surface area (Å²) < 4.78 is 0. The molecule has 0 aromatic carbocycles. The molecule has 1 unspecified atom stereocenters. The lowest BCUT2D eigenvalue weighted by molar-refractivity contribution is -0.139. The van der Waals surface area contributed by atoms with Crippen LogP contribution >= 0.6 is 0 Å². The van der Waals surface area contributed by atoms with Gasteiger partial charge in [0.15, 0.2) is 0 Å². The molecular formula is C16H25NO4. The SMILES string of the molecule is CC(=O)CCCCCCC(=O)CCN1C(=O)CC(C)C1=O. The van der Waals surface area contributed by atoms with E-state index in [1.165, 1.54) is 4.90 Å². The number of hydrogen-bond acceptors (Lipinski definition) is 4. The van der Waals surface area contributed by atoms with Gasteiger partial charge < -0.3 is 4.79 Å². The zero-order valence-electron chi connectivity index (χ0n) is 13.0. The van der Waals surface area contributed by atoms with Crippen LogP contribution in [0, 0.1) is 5.92 Å². The lowest BCUT2D eigenvalue weighted by Gasteiger charge is -2.13. The van der Waals surface area contributed by atoms with Crippen LogP contribution in [0.4, 0.5) is 0 Å². The van der Waals surface area contributed by atoms with Gasteiger partial charge in [-0.25, -0.2) is 0 Å². The van der Waals surface area contributed by atoms with Crippen LogP contribution in [-0.4, -0.2) is 34.8 Å². The number of carbonyl (C=O) groups is 4. The molecule has 1 aliphatic heterocycles. The summed E-state index contributed by atoms with van der Waals surface area (Å²) in [4.78, 5) is 47.0. The van der Waals surface area contributed by atoms with E-state index in [0.29, 0.717) is 12.8 Å². The molecule has 1 saturated heterocycles. The van der Waals surface area contributed by atoms with Gasteiger partial charge in [-0.2, -0.15) is 0 Å². The van der Waals surface area contributed by atoms with Crippen molar-refractivity contribution in [1.29, 1.82) is 0 Å². The van der Waals surface area contributed by atoms with Crippen molar-refractivity contribution in [3.05, 3.63) is 0 Å². The van der Waals surface area contributed by atoms with Crippen LogP contribution < -0.4 is 0 Å². The molecule has 2 amide bonds. The molecule has 0 bridgehead atoms. The molecule has 1 atom stereocenters. The van der Waals surface area contributed by atoms with Crippen LogP contribution in [0.5, 0.6) is 0 Å². The molecule has 21 heavy (non-hydrogen) atoms. The maximum absolute atomic E-state index is 11.7. The number of Topliss-reactive ketones (excluding diaryl/α,β-unsaturated/α-hetero) is 2. The van der Waals surface area contributed by atoms with Crippen molar-refractivity contribution in [2.45, 2.75) is 65.2 Å². The fourth-order valence-electron chi connectivity index (χ4n) is 2.49. The molecule has 5 nitrogen and oxygen atoms in total. The van der Waals surface area contributed by atoms with Gasteiger partial charge >= 0.3 is 0 Å². The average molecular weight is 295 g/mol. The van der Waals surface area contributed by atoms with Gasteiger partial charge in [0.05, 0.1) is 0 Å². The number of imide groups is 1. The zero-order valence-corrected chi connectivity index (χ0v) is 13.0. The Morgan fingerprint density at radius 3 is 2.19 bits per heavy atom. The minimum Gasteiger partial charge on any atom is -0.300 e. The van der Waals surface area contributed by atoms with E-state index in [2.05, 4.69) is 0 Å². The number of nitrogens with zero attached hydrogens (tertiary/aromatic N) is 1. The highest BCUT2D eigenvalue weighted by Gasteiger charge is 2.35. The van der Waals surface area contributed by atoms with Gasteiger partial charge in [-0.15, -0.1) is 0 Å². The molecule has 1 rings (SSSR count). The third kappa shape index (κ3) is 6.19. The third-order valence-corrected chi connectivity index (χ3v) is 3.82. The summed E-state index contributed by atoms with van der Waals surface area (Å²) in [5.74, 6) is -0.252. The minimum atomic E-state index is -0.242. The molecule has 0 radical (unpaired) electrons. The number of amides is 2. The number of likely N-dealkylation sites (tertiary alicyclic amines) is 1. The number of carbonyl (C=O) groups excluding carboxylic acids is 4. The standard InChI is InChI=1S/C16H25NO4/c1-12-11-15(20)17(16(12)21)10-9-14(19)8-6-4-3-5-7-13(2)18/h12H,3-11H2,1-2H3. The Bertz CT molecular complexity index is 417. The van der Waals surface area contributed by atoms with Crippen molar-refractivity contribution in [2.24, 2.45) is 5.92 Å². The Kier molecular flexibility index (Phi) is 7.26. The molecule has 118 valence electrons. The van der Waals surface area contributed by atoms with E-state index >= 15 is 0 Å². The molecule has 0 aromatic heterocycles. The first-order valence-corrected chi connectivity index (χ1v) is 7.77.